The van der Waals surface area contributed by atoms with Gasteiger partial charge in [0.15, 0.2) is 0 Å². The Labute approximate surface area is 112 Å². The monoisotopic (exact) mass is 264 g/mol. The van der Waals surface area contributed by atoms with Crippen molar-refractivity contribution in [1.82, 2.24) is 5.32 Å². The Morgan fingerprint density at radius 1 is 1.32 bits per heavy atom. The molecule has 0 atom stereocenters. The minimum atomic E-state index is -0.229. The molecule has 5 N–H and O–H groups in total. The number of anilines is 1. The number of nitrogens with zero attached hydrogens (tertiary/aromatic N) is 1. The Bertz CT molecular complexity index is 429. The van der Waals surface area contributed by atoms with Crippen molar-refractivity contribution in [2.45, 2.75) is 26.2 Å². The second kappa shape index (κ2) is 7.97. The summed E-state index contributed by atoms with van der Waals surface area (Å²) in [6.07, 6.45) is 2.07. The second-order valence-electron chi connectivity index (χ2n) is 4.30. The molecule has 1 aromatic carbocycles. The number of aryl methyl sites for hydroxylation is 1. The molecule has 6 heteroatoms. The molecule has 0 aliphatic rings. The molecule has 104 valence electrons. The van der Waals surface area contributed by atoms with E-state index in [1.807, 2.05) is 31.2 Å². The van der Waals surface area contributed by atoms with E-state index in [0.29, 0.717) is 13.0 Å². The fraction of sp³-hybridized carbons (Fsp3) is 0.385. The zero-order valence-corrected chi connectivity index (χ0v) is 11.0. The Kier molecular flexibility index (Phi) is 6.21. The van der Waals surface area contributed by atoms with Gasteiger partial charge >= 0.3 is 6.03 Å². The maximum Gasteiger partial charge on any atom is 0.319 e. The van der Waals surface area contributed by atoms with Crippen molar-refractivity contribution in [1.29, 1.82) is 0 Å². The third kappa shape index (κ3) is 6.30. The van der Waals surface area contributed by atoms with Gasteiger partial charge in [-0.1, -0.05) is 22.9 Å². The SMILES string of the molecule is Cc1ccc(NC(=O)NCCCCC(N)=NO)cc1. The number of carbonyl (C=O) groups is 1. The van der Waals surface area contributed by atoms with E-state index in [2.05, 4.69) is 15.8 Å². The summed E-state index contributed by atoms with van der Waals surface area (Å²) >= 11 is 0. The van der Waals surface area contributed by atoms with Crippen LogP contribution in [0.3, 0.4) is 0 Å². The Morgan fingerprint density at radius 3 is 2.63 bits per heavy atom. The van der Waals surface area contributed by atoms with Gasteiger partial charge in [0.1, 0.15) is 5.84 Å². The lowest BCUT2D eigenvalue weighted by Gasteiger charge is -2.07. The van der Waals surface area contributed by atoms with Crippen LogP contribution in [0.15, 0.2) is 29.4 Å². The first kappa shape index (κ1) is 14.8. The minimum absolute atomic E-state index is 0.212. The molecule has 0 bridgehead atoms. The molecular formula is C13H20N4O2. The zero-order valence-electron chi connectivity index (χ0n) is 11.0. The molecule has 0 radical (unpaired) electrons. The van der Waals surface area contributed by atoms with Crippen LogP contribution in [-0.2, 0) is 0 Å². The van der Waals surface area contributed by atoms with E-state index in [1.54, 1.807) is 0 Å². The molecule has 0 heterocycles. The lowest BCUT2D eigenvalue weighted by Crippen LogP contribution is -2.29. The van der Waals surface area contributed by atoms with Crippen LogP contribution in [0.5, 0.6) is 0 Å². The summed E-state index contributed by atoms with van der Waals surface area (Å²) in [7, 11) is 0. The van der Waals surface area contributed by atoms with Crippen LogP contribution in [-0.4, -0.2) is 23.6 Å². The number of hydrogen-bond acceptors (Lipinski definition) is 3. The highest BCUT2D eigenvalue weighted by Crippen LogP contribution is 2.07. The number of nitrogens with one attached hydrogen (secondary N) is 2. The van der Waals surface area contributed by atoms with Crippen molar-refractivity contribution in [2.75, 3.05) is 11.9 Å². The van der Waals surface area contributed by atoms with Gasteiger partial charge in [-0.15, -0.1) is 0 Å². The van der Waals surface area contributed by atoms with Gasteiger partial charge < -0.3 is 21.6 Å². The van der Waals surface area contributed by atoms with Gasteiger partial charge in [0.2, 0.25) is 0 Å². The van der Waals surface area contributed by atoms with Gasteiger partial charge in [0.25, 0.3) is 0 Å². The minimum Gasteiger partial charge on any atom is -0.409 e. The summed E-state index contributed by atoms with van der Waals surface area (Å²) in [5.41, 5.74) is 7.24. The number of nitrogens with two attached hydrogens (primary N) is 1. The molecule has 1 rings (SSSR count). The molecule has 6 nitrogen and oxygen atoms in total. The molecule has 0 aliphatic carbocycles. The summed E-state index contributed by atoms with van der Waals surface area (Å²) in [6, 6.07) is 7.35. The topological polar surface area (TPSA) is 99.7 Å². The predicted octanol–water partition coefficient (Wildman–Crippen LogP) is 2.03. The summed E-state index contributed by atoms with van der Waals surface area (Å²) in [5.74, 6) is 0.212. The molecule has 1 aromatic rings. The number of urea groups is 1. The summed E-state index contributed by atoms with van der Waals surface area (Å²) in [5, 5.41) is 16.7. The van der Waals surface area contributed by atoms with Crippen molar-refractivity contribution >= 4 is 17.6 Å². The highest BCUT2D eigenvalue weighted by atomic mass is 16.4. The molecule has 0 saturated heterocycles. The van der Waals surface area contributed by atoms with Gasteiger partial charge in [-0.25, -0.2) is 4.79 Å². The number of unbranched alkanes of at least 4 members (excludes halogenated alkanes) is 1. The van der Waals surface area contributed by atoms with Crippen LogP contribution in [0.2, 0.25) is 0 Å². The zero-order chi connectivity index (χ0) is 14.1. The number of amides is 2. The smallest absolute Gasteiger partial charge is 0.319 e. The Hall–Kier alpha value is -2.24. The van der Waals surface area contributed by atoms with Gasteiger partial charge in [0.05, 0.1) is 0 Å². The van der Waals surface area contributed by atoms with E-state index in [0.717, 1.165) is 24.1 Å². The maximum absolute atomic E-state index is 11.5. The van der Waals surface area contributed by atoms with Crippen LogP contribution in [0, 0.1) is 6.92 Å². The van der Waals surface area contributed by atoms with E-state index in [-0.39, 0.29) is 11.9 Å². The van der Waals surface area contributed by atoms with Crippen molar-refractivity contribution < 1.29 is 10.0 Å². The molecule has 0 aromatic heterocycles. The predicted molar refractivity (Wildman–Crippen MR) is 75.5 cm³/mol. The molecule has 2 amide bonds. The van der Waals surface area contributed by atoms with Crippen LogP contribution in [0.4, 0.5) is 10.5 Å². The standard InChI is InChI=1S/C13H20N4O2/c1-10-5-7-11(8-6-10)16-13(18)15-9-3-2-4-12(14)17-19/h5-8,19H,2-4,9H2,1H3,(H2,14,17)(H2,15,16,18). The fourth-order valence-electron chi connectivity index (χ4n) is 1.50. The number of rotatable bonds is 6. The van der Waals surface area contributed by atoms with Gasteiger partial charge in [-0.2, -0.15) is 0 Å². The maximum atomic E-state index is 11.5. The first-order chi connectivity index (χ1) is 9.11. The number of hydrogen-bond donors (Lipinski definition) is 4. The van der Waals surface area contributed by atoms with Crippen molar-refractivity contribution in [3.8, 4) is 0 Å². The van der Waals surface area contributed by atoms with Crippen LogP contribution in [0.1, 0.15) is 24.8 Å². The average Bonchev–Trinajstić information content (AvgIpc) is 2.40. The Morgan fingerprint density at radius 2 is 2.00 bits per heavy atom. The van der Waals surface area contributed by atoms with Crippen molar-refractivity contribution in [3.05, 3.63) is 29.8 Å². The highest BCUT2D eigenvalue weighted by Gasteiger charge is 2.00. The largest absolute Gasteiger partial charge is 0.409 e. The summed E-state index contributed by atoms with van der Waals surface area (Å²) in [6.45, 7) is 2.54. The molecule has 0 unspecified atom stereocenters. The molecule has 0 saturated carbocycles. The van der Waals surface area contributed by atoms with E-state index < -0.39 is 0 Å². The average molecular weight is 264 g/mol. The number of carbonyl (C=O) groups excluding carboxylic acids is 1. The quantitative estimate of drug-likeness (QED) is 0.208. The summed E-state index contributed by atoms with van der Waals surface area (Å²) in [4.78, 5) is 11.5. The third-order valence-electron chi connectivity index (χ3n) is 2.58. The first-order valence-corrected chi connectivity index (χ1v) is 6.19. The first-order valence-electron chi connectivity index (χ1n) is 6.19. The summed E-state index contributed by atoms with van der Waals surface area (Å²) < 4.78 is 0. The van der Waals surface area contributed by atoms with Crippen molar-refractivity contribution in [3.63, 3.8) is 0 Å². The van der Waals surface area contributed by atoms with Crippen molar-refractivity contribution in [2.24, 2.45) is 10.9 Å². The fourth-order valence-corrected chi connectivity index (χ4v) is 1.50. The number of oxime groups is 1. The van der Waals surface area contributed by atoms with Crippen LogP contribution >= 0.6 is 0 Å². The van der Waals surface area contributed by atoms with Gasteiger partial charge in [-0.3, -0.25) is 0 Å². The molecule has 19 heavy (non-hydrogen) atoms. The normalized spacial score (nSPS) is 11.1. The highest BCUT2D eigenvalue weighted by molar-refractivity contribution is 5.89. The molecule has 0 aliphatic heterocycles. The van der Waals surface area contributed by atoms with E-state index >= 15 is 0 Å². The lowest BCUT2D eigenvalue weighted by molar-refractivity contribution is 0.252. The second-order valence-corrected chi connectivity index (χ2v) is 4.30. The molecular weight excluding hydrogens is 244 g/mol. The van der Waals surface area contributed by atoms with E-state index in [9.17, 15) is 4.79 Å². The van der Waals surface area contributed by atoms with Crippen LogP contribution < -0.4 is 16.4 Å². The van der Waals surface area contributed by atoms with E-state index in [1.165, 1.54) is 0 Å². The van der Waals surface area contributed by atoms with Gasteiger partial charge in [-0.05, 0) is 31.9 Å². The lowest BCUT2D eigenvalue weighted by atomic mass is 10.2. The Balaban J connectivity index is 2.16. The molecule has 0 fully saturated rings. The molecule has 0 spiro atoms. The van der Waals surface area contributed by atoms with Crippen LogP contribution in [0.25, 0.3) is 0 Å². The number of benzene rings is 1. The van der Waals surface area contributed by atoms with Gasteiger partial charge in [0, 0.05) is 18.7 Å². The van der Waals surface area contributed by atoms with E-state index in [4.69, 9.17) is 10.9 Å². The third-order valence-corrected chi connectivity index (χ3v) is 2.58. The number of amidine groups is 1.